The zero-order valence-electron chi connectivity index (χ0n) is 13.8. The van der Waals surface area contributed by atoms with Gasteiger partial charge in [-0.1, -0.05) is 59.7 Å². The van der Waals surface area contributed by atoms with Gasteiger partial charge in [0, 0.05) is 11.1 Å². The van der Waals surface area contributed by atoms with Gasteiger partial charge in [-0.15, -0.1) is 0 Å². The van der Waals surface area contributed by atoms with Gasteiger partial charge in [0.15, 0.2) is 5.69 Å². The van der Waals surface area contributed by atoms with Gasteiger partial charge in [0.2, 0.25) is 0 Å². The first-order valence-electron chi connectivity index (χ1n) is 7.88. The standard InChI is InChI=1S/C20H14N4S/c1-12-3-7-14(8-4-12)17-16(11-21)22-18(20-19(17)23-25-24-20)15-9-5-13(2)6-10-15/h3-10H,1-2H3. The fourth-order valence-electron chi connectivity index (χ4n) is 2.83. The average Bonchev–Trinajstić information content (AvgIpc) is 3.11. The molecular weight excluding hydrogens is 328 g/mol. The van der Waals surface area contributed by atoms with Gasteiger partial charge in [0.1, 0.15) is 22.8 Å². The van der Waals surface area contributed by atoms with Gasteiger partial charge >= 0.3 is 0 Å². The predicted molar refractivity (Wildman–Crippen MR) is 100 cm³/mol. The molecule has 25 heavy (non-hydrogen) atoms. The highest BCUT2D eigenvalue weighted by molar-refractivity contribution is 7.00. The lowest BCUT2D eigenvalue weighted by Gasteiger charge is -2.09. The van der Waals surface area contributed by atoms with Gasteiger partial charge in [-0.25, -0.2) is 4.98 Å². The van der Waals surface area contributed by atoms with E-state index in [4.69, 9.17) is 0 Å². The number of aryl methyl sites for hydroxylation is 2. The molecule has 120 valence electrons. The van der Waals surface area contributed by atoms with E-state index in [2.05, 4.69) is 19.8 Å². The number of rotatable bonds is 2. The zero-order chi connectivity index (χ0) is 17.4. The van der Waals surface area contributed by atoms with Gasteiger partial charge in [-0.2, -0.15) is 14.0 Å². The van der Waals surface area contributed by atoms with Crippen LogP contribution >= 0.6 is 11.7 Å². The molecule has 2 aromatic carbocycles. The largest absolute Gasteiger partial charge is 0.234 e. The number of pyridine rings is 1. The Hall–Kier alpha value is -3.10. The monoisotopic (exact) mass is 342 g/mol. The molecule has 0 amide bonds. The lowest BCUT2D eigenvalue weighted by Crippen LogP contribution is -1.96. The topological polar surface area (TPSA) is 62.5 Å². The summed E-state index contributed by atoms with van der Waals surface area (Å²) in [5.41, 5.74) is 7.52. The predicted octanol–water partition coefficient (Wildman–Crippen LogP) is 4.91. The van der Waals surface area contributed by atoms with Crippen molar-refractivity contribution in [2.24, 2.45) is 0 Å². The number of benzene rings is 2. The van der Waals surface area contributed by atoms with Crippen molar-refractivity contribution in [2.75, 3.05) is 0 Å². The minimum Gasteiger partial charge on any atom is -0.234 e. The van der Waals surface area contributed by atoms with Crippen LogP contribution in [0.5, 0.6) is 0 Å². The summed E-state index contributed by atoms with van der Waals surface area (Å²) >= 11 is 1.15. The maximum absolute atomic E-state index is 9.69. The van der Waals surface area contributed by atoms with Gasteiger partial charge in [0.25, 0.3) is 0 Å². The first-order chi connectivity index (χ1) is 12.2. The van der Waals surface area contributed by atoms with E-state index in [0.717, 1.165) is 39.5 Å². The SMILES string of the molecule is Cc1ccc(-c2nc(C#N)c(-c3ccc(C)cc3)c3nsnc23)cc1. The second-order valence-electron chi connectivity index (χ2n) is 5.99. The fourth-order valence-corrected chi connectivity index (χ4v) is 3.38. The molecule has 0 unspecified atom stereocenters. The highest BCUT2D eigenvalue weighted by Crippen LogP contribution is 2.35. The Bertz CT molecular complexity index is 1100. The van der Waals surface area contributed by atoms with Crippen LogP contribution in [0.2, 0.25) is 0 Å². The Kier molecular flexibility index (Phi) is 3.75. The maximum atomic E-state index is 9.69. The second kappa shape index (κ2) is 6.08. The molecule has 0 spiro atoms. The van der Waals surface area contributed by atoms with Gasteiger partial charge in [-0.3, -0.25) is 0 Å². The van der Waals surface area contributed by atoms with Crippen molar-refractivity contribution in [2.45, 2.75) is 13.8 Å². The molecule has 0 bridgehead atoms. The van der Waals surface area contributed by atoms with Crippen LogP contribution < -0.4 is 0 Å². The third-order valence-electron chi connectivity index (χ3n) is 4.18. The molecule has 4 aromatic rings. The molecule has 0 fully saturated rings. The third-order valence-corrected chi connectivity index (χ3v) is 4.71. The number of fused-ring (bicyclic) bond motifs is 1. The van der Waals surface area contributed by atoms with Crippen molar-refractivity contribution in [3.05, 3.63) is 65.4 Å². The van der Waals surface area contributed by atoms with E-state index in [0.29, 0.717) is 11.4 Å². The fraction of sp³-hybridized carbons (Fsp3) is 0.100. The van der Waals surface area contributed by atoms with Crippen molar-refractivity contribution in [1.29, 1.82) is 5.26 Å². The number of aromatic nitrogens is 3. The minimum atomic E-state index is 0.375. The van der Waals surface area contributed by atoms with Gasteiger partial charge < -0.3 is 0 Å². The van der Waals surface area contributed by atoms with Crippen LogP contribution in [0.15, 0.2) is 48.5 Å². The number of nitriles is 1. The van der Waals surface area contributed by atoms with Gasteiger partial charge in [-0.05, 0) is 19.4 Å². The highest BCUT2D eigenvalue weighted by atomic mass is 32.1. The molecule has 4 nitrogen and oxygen atoms in total. The van der Waals surface area contributed by atoms with Crippen molar-refractivity contribution in [3.8, 4) is 28.5 Å². The summed E-state index contributed by atoms with van der Waals surface area (Å²) in [6.45, 7) is 4.08. The Labute approximate surface area is 149 Å². The molecule has 0 N–H and O–H groups in total. The molecule has 0 aliphatic rings. The molecular formula is C20H14N4S. The Morgan fingerprint density at radius 1 is 0.800 bits per heavy atom. The molecule has 0 atom stereocenters. The van der Waals surface area contributed by atoms with E-state index < -0.39 is 0 Å². The molecule has 2 heterocycles. The average molecular weight is 342 g/mol. The highest BCUT2D eigenvalue weighted by Gasteiger charge is 2.19. The van der Waals surface area contributed by atoms with Crippen LogP contribution in [-0.4, -0.2) is 13.7 Å². The lowest BCUT2D eigenvalue weighted by molar-refractivity contribution is 1.28. The molecule has 0 saturated carbocycles. The van der Waals surface area contributed by atoms with Crippen molar-refractivity contribution in [1.82, 2.24) is 13.7 Å². The van der Waals surface area contributed by atoms with Crippen LogP contribution in [-0.2, 0) is 0 Å². The van der Waals surface area contributed by atoms with E-state index >= 15 is 0 Å². The minimum absolute atomic E-state index is 0.375. The number of nitrogens with zero attached hydrogens (tertiary/aromatic N) is 4. The van der Waals surface area contributed by atoms with E-state index in [1.807, 2.05) is 62.4 Å². The quantitative estimate of drug-likeness (QED) is 0.519. The normalized spacial score (nSPS) is 10.8. The second-order valence-corrected chi connectivity index (χ2v) is 6.52. The number of hydrogen-bond acceptors (Lipinski definition) is 5. The van der Waals surface area contributed by atoms with Crippen molar-refractivity contribution >= 4 is 22.8 Å². The molecule has 2 aromatic heterocycles. The van der Waals surface area contributed by atoms with Crippen LogP contribution in [0.1, 0.15) is 16.8 Å². The summed E-state index contributed by atoms with van der Waals surface area (Å²) in [4.78, 5) is 4.63. The van der Waals surface area contributed by atoms with Crippen molar-refractivity contribution in [3.63, 3.8) is 0 Å². The zero-order valence-corrected chi connectivity index (χ0v) is 14.6. The maximum Gasteiger partial charge on any atom is 0.151 e. The Morgan fingerprint density at radius 3 is 1.96 bits per heavy atom. The molecule has 5 heteroatoms. The third kappa shape index (κ3) is 2.67. The number of hydrogen-bond donors (Lipinski definition) is 0. The summed E-state index contributed by atoms with van der Waals surface area (Å²) in [7, 11) is 0. The molecule has 0 saturated heterocycles. The van der Waals surface area contributed by atoms with Crippen molar-refractivity contribution < 1.29 is 0 Å². The van der Waals surface area contributed by atoms with Gasteiger partial charge in [0.05, 0.1) is 11.7 Å². The molecule has 0 aliphatic carbocycles. The summed E-state index contributed by atoms with van der Waals surface area (Å²) < 4.78 is 8.92. The summed E-state index contributed by atoms with van der Waals surface area (Å²) in [5.74, 6) is 0. The first-order valence-corrected chi connectivity index (χ1v) is 8.61. The van der Waals surface area contributed by atoms with Crippen LogP contribution in [0.4, 0.5) is 0 Å². The van der Waals surface area contributed by atoms with E-state index in [1.165, 1.54) is 11.1 Å². The van der Waals surface area contributed by atoms with E-state index in [-0.39, 0.29) is 0 Å². The van der Waals surface area contributed by atoms with E-state index in [1.54, 1.807) is 0 Å². The Balaban J connectivity index is 2.02. The van der Waals surface area contributed by atoms with Crippen LogP contribution in [0, 0.1) is 25.2 Å². The Morgan fingerprint density at radius 2 is 1.36 bits per heavy atom. The summed E-state index contributed by atoms with van der Waals surface area (Å²) in [6.07, 6.45) is 0. The smallest absolute Gasteiger partial charge is 0.151 e. The summed E-state index contributed by atoms with van der Waals surface area (Å²) in [5, 5.41) is 9.69. The first kappa shape index (κ1) is 15.4. The van der Waals surface area contributed by atoms with Crippen LogP contribution in [0.25, 0.3) is 33.4 Å². The summed E-state index contributed by atoms with van der Waals surface area (Å²) in [6, 6.07) is 18.3. The lowest BCUT2D eigenvalue weighted by atomic mass is 9.99. The molecule has 0 aliphatic heterocycles. The van der Waals surface area contributed by atoms with Crippen LogP contribution in [0.3, 0.4) is 0 Å². The molecule has 4 rings (SSSR count). The molecule has 0 radical (unpaired) electrons. The van der Waals surface area contributed by atoms with E-state index in [9.17, 15) is 5.26 Å².